The van der Waals surface area contributed by atoms with Gasteiger partial charge in [0.15, 0.2) is 10.1 Å². The molecular formula is C14H7ClN4O2S2. The Labute approximate surface area is 142 Å². The Morgan fingerprint density at radius 3 is 3.00 bits per heavy atom. The van der Waals surface area contributed by atoms with Crippen LogP contribution in [-0.2, 0) is 0 Å². The van der Waals surface area contributed by atoms with Gasteiger partial charge in [0.25, 0.3) is 5.69 Å². The van der Waals surface area contributed by atoms with Crippen molar-refractivity contribution < 1.29 is 4.92 Å². The zero-order valence-electron chi connectivity index (χ0n) is 11.3. The molecule has 0 radical (unpaired) electrons. The lowest BCUT2D eigenvalue weighted by atomic mass is 10.3. The predicted molar refractivity (Wildman–Crippen MR) is 93.3 cm³/mol. The minimum Gasteiger partial charge on any atom is -0.289 e. The monoisotopic (exact) mass is 362 g/mol. The van der Waals surface area contributed by atoms with Crippen LogP contribution >= 0.6 is 34.3 Å². The van der Waals surface area contributed by atoms with Gasteiger partial charge >= 0.3 is 0 Å². The van der Waals surface area contributed by atoms with E-state index in [2.05, 4.69) is 9.97 Å². The summed E-state index contributed by atoms with van der Waals surface area (Å²) in [5.74, 6) is 0. The van der Waals surface area contributed by atoms with E-state index < -0.39 is 4.92 Å². The Morgan fingerprint density at radius 2 is 2.17 bits per heavy atom. The van der Waals surface area contributed by atoms with Crippen LogP contribution in [0.2, 0.25) is 5.15 Å². The van der Waals surface area contributed by atoms with Crippen molar-refractivity contribution in [1.29, 1.82) is 0 Å². The maximum Gasteiger partial charge on any atom is 0.271 e. The van der Waals surface area contributed by atoms with Crippen LogP contribution in [0.4, 0.5) is 5.69 Å². The van der Waals surface area contributed by atoms with Crippen LogP contribution in [0.15, 0.2) is 29.8 Å². The Morgan fingerprint density at radius 1 is 1.30 bits per heavy atom. The quantitative estimate of drug-likeness (QED) is 0.390. The standard InChI is InChI=1S/C14H7ClN4O2S2/c15-13-10(18-5-6-22-14(18)17-13)2-4-12-16-9-7-8(19(20)21)1-3-11(9)23-12/h1-7H/b4-2+. The maximum absolute atomic E-state index is 10.8. The van der Waals surface area contributed by atoms with E-state index in [-0.39, 0.29) is 5.69 Å². The summed E-state index contributed by atoms with van der Waals surface area (Å²) in [7, 11) is 0. The van der Waals surface area contributed by atoms with Crippen molar-refractivity contribution in [2.24, 2.45) is 0 Å². The second-order valence-electron chi connectivity index (χ2n) is 4.64. The molecule has 4 aromatic rings. The number of rotatable bonds is 3. The first-order valence-electron chi connectivity index (χ1n) is 6.46. The molecule has 0 aliphatic carbocycles. The average Bonchev–Trinajstić information content (AvgIpc) is 3.18. The van der Waals surface area contributed by atoms with Gasteiger partial charge in [0.05, 0.1) is 20.8 Å². The number of nitro benzene ring substituents is 1. The van der Waals surface area contributed by atoms with E-state index in [1.54, 1.807) is 6.07 Å². The molecule has 9 heteroatoms. The van der Waals surface area contributed by atoms with Crippen LogP contribution in [0.3, 0.4) is 0 Å². The number of imidazole rings is 1. The van der Waals surface area contributed by atoms with Gasteiger partial charge in [-0.2, -0.15) is 0 Å². The molecule has 114 valence electrons. The van der Waals surface area contributed by atoms with Gasteiger partial charge in [0.1, 0.15) is 5.01 Å². The molecule has 3 aromatic heterocycles. The van der Waals surface area contributed by atoms with Crippen LogP contribution in [0, 0.1) is 10.1 Å². The predicted octanol–water partition coefficient (Wildman–Crippen LogP) is 4.74. The number of benzene rings is 1. The minimum absolute atomic E-state index is 0.0390. The summed E-state index contributed by atoms with van der Waals surface area (Å²) >= 11 is 9.11. The molecule has 1 aromatic carbocycles. The molecule has 3 heterocycles. The van der Waals surface area contributed by atoms with E-state index in [4.69, 9.17) is 11.6 Å². The molecule has 23 heavy (non-hydrogen) atoms. The third-order valence-electron chi connectivity index (χ3n) is 3.24. The SMILES string of the molecule is O=[N+]([O-])c1ccc2sc(/C=C/c3c(Cl)nc4sccn34)nc2c1. The van der Waals surface area contributed by atoms with Gasteiger partial charge in [-0.25, -0.2) is 9.97 Å². The number of non-ortho nitro benzene ring substituents is 1. The number of nitro groups is 1. The van der Waals surface area contributed by atoms with Crippen molar-refractivity contribution in [2.75, 3.05) is 0 Å². The Kier molecular flexibility index (Phi) is 3.37. The van der Waals surface area contributed by atoms with Crippen molar-refractivity contribution in [3.8, 4) is 0 Å². The first kappa shape index (κ1) is 14.3. The lowest BCUT2D eigenvalue weighted by Crippen LogP contribution is -1.86. The molecule has 0 fully saturated rings. The van der Waals surface area contributed by atoms with Crippen LogP contribution in [0.25, 0.3) is 27.3 Å². The molecule has 0 spiro atoms. The number of aromatic nitrogens is 3. The van der Waals surface area contributed by atoms with Gasteiger partial charge in [0, 0.05) is 23.7 Å². The highest BCUT2D eigenvalue weighted by atomic mass is 35.5. The average molecular weight is 363 g/mol. The van der Waals surface area contributed by atoms with E-state index in [0.717, 1.165) is 20.4 Å². The highest BCUT2D eigenvalue weighted by Gasteiger charge is 2.11. The molecule has 6 nitrogen and oxygen atoms in total. The van der Waals surface area contributed by atoms with Gasteiger partial charge < -0.3 is 0 Å². The van der Waals surface area contributed by atoms with Crippen LogP contribution in [0.1, 0.15) is 10.7 Å². The number of nitrogens with zero attached hydrogens (tertiary/aromatic N) is 4. The third-order valence-corrected chi connectivity index (χ3v) is 5.27. The highest BCUT2D eigenvalue weighted by Crippen LogP contribution is 2.28. The lowest BCUT2D eigenvalue weighted by molar-refractivity contribution is -0.384. The molecule has 0 aliphatic heterocycles. The molecule has 4 rings (SSSR count). The molecule has 0 atom stereocenters. The van der Waals surface area contributed by atoms with E-state index in [0.29, 0.717) is 10.7 Å². The van der Waals surface area contributed by atoms with Crippen molar-refractivity contribution in [1.82, 2.24) is 14.4 Å². The minimum atomic E-state index is -0.423. The number of halogens is 1. The summed E-state index contributed by atoms with van der Waals surface area (Å²) in [6.45, 7) is 0. The van der Waals surface area contributed by atoms with Crippen LogP contribution in [-0.4, -0.2) is 19.3 Å². The smallest absolute Gasteiger partial charge is 0.271 e. The Balaban J connectivity index is 1.73. The Bertz CT molecular complexity index is 1080. The first-order chi connectivity index (χ1) is 11.1. The number of hydrogen-bond acceptors (Lipinski definition) is 6. The normalized spacial score (nSPS) is 11.9. The maximum atomic E-state index is 10.8. The molecular weight excluding hydrogens is 356 g/mol. The first-order valence-corrected chi connectivity index (χ1v) is 8.53. The lowest BCUT2D eigenvalue weighted by Gasteiger charge is -1.90. The van der Waals surface area contributed by atoms with Gasteiger partial charge in [-0.05, 0) is 18.2 Å². The Hall–Kier alpha value is -2.29. The van der Waals surface area contributed by atoms with Crippen LogP contribution < -0.4 is 0 Å². The van der Waals surface area contributed by atoms with Crippen molar-refractivity contribution >= 4 is 67.3 Å². The van der Waals surface area contributed by atoms with Gasteiger partial charge in [0.2, 0.25) is 0 Å². The second kappa shape index (κ2) is 5.41. The van der Waals surface area contributed by atoms with Gasteiger partial charge in [-0.3, -0.25) is 14.5 Å². The summed E-state index contributed by atoms with van der Waals surface area (Å²) in [6.07, 6.45) is 5.59. The molecule has 0 amide bonds. The highest BCUT2D eigenvalue weighted by molar-refractivity contribution is 7.19. The fourth-order valence-corrected chi connectivity index (χ4v) is 4.05. The zero-order chi connectivity index (χ0) is 16.0. The van der Waals surface area contributed by atoms with Gasteiger partial charge in [-0.15, -0.1) is 22.7 Å². The summed E-state index contributed by atoms with van der Waals surface area (Å²) in [5.41, 5.74) is 1.44. The van der Waals surface area contributed by atoms with E-state index in [1.165, 1.54) is 34.8 Å². The molecule has 0 bridgehead atoms. The van der Waals surface area contributed by atoms with E-state index in [9.17, 15) is 10.1 Å². The fourth-order valence-electron chi connectivity index (χ4n) is 2.19. The number of thiazole rings is 2. The van der Waals surface area contributed by atoms with Gasteiger partial charge in [-0.1, -0.05) is 11.6 Å². The molecule has 0 saturated carbocycles. The molecule has 0 unspecified atom stereocenters. The number of hydrogen-bond donors (Lipinski definition) is 0. The number of fused-ring (bicyclic) bond motifs is 2. The largest absolute Gasteiger partial charge is 0.289 e. The zero-order valence-corrected chi connectivity index (χ0v) is 13.7. The topological polar surface area (TPSA) is 73.3 Å². The van der Waals surface area contributed by atoms with E-state index >= 15 is 0 Å². The fraction of sp³-hybridized carbons (Fsp3) is 0. The van der Waals surface area contributed by atoms with Crippen molar-refractivity contribution in [2.45, 2.75) is 0 Å². The summed E-state index contributed by atoms with van der Waals surface area (Å²) in [5, 5.41) is 13.9. The molecule has 0 saturated heterocycles. The van der Waals surface area contributed by atoms with E-state index in [1.807, 2.05) is 28.1 Å². The summed E-state index contributed by atoms with van der Waals surface area (Å²) in [6, 6.07) is 4.67. The third kappa shape index (κ3) is 2.50. The second-order valence-corrected chi connectivity index (χ2v) is 6.93. The van der Waals surface area contributed by atoms with Crippen LogP contribution in [0.5, 0.6) is 0 Å². The summed E-state index contributed by atoms with van der Waals surface area (Å²) in [4.78, 5) is 19.9. The summed E-state index contributed by atoms with van der Waals surface area (Å²) < 4.78 is 2.80. The van der Waals surface area contributed by atoms with Crippen molar-refractivity contribution in [3.05, 3.63) is 55.7 Å². The molecule has 0 N–H and O–H groups in total. The molecule has 0 aliphatic rings. The van der Waals surface area contributed by atoms with Crippen molar-refractivity contribution in [3.63, 3.8) is 0 Å².